The number of hydrogen-bond acceptors (Lipinski definition) is 2. The number of halogens is 6. The van der Waals surface area contributed by atoms with Crippen LogP contribution in [0, 0.1) is 0 Å². The summed E-state index contributed by atoms with van der Waals surface area (Å²) in [5.74, 6) is -0.598. The molecule has 30 heavy (non-hydrogen) atoms. The topological polar surface area (TPSA) is 18.5 Å². The molecule has 0 aliphatic heterocycles. The van der Waals surface area contributed by atoms with Gasteiger partial charge in [0.05, 0.1) is 18.8 Å². The number of benzene rings is 2. The summed E-state index contributed by atoms with van der Waals surface area (Å²) >= 11 is 0. The van der Waals surface area contributed by atoms with Gasteiger partial charge in [-0.1, -0.05) is 30.3 Å². The van der Waals surface area contributed by atoms with Crippen LogP contribution in [0.5, 0.6) is 5.75 Å². The molecule has 2 nitrogen and oxygen atoms in total. The van der Waals surface area contributed by atoms with E-state index in [1.54, 1.807) is 19.2 Å². The van der Waals surface area contributed by atoms with Crippen LogP contribution in [0.3, 0.4) is 0 Å². The summed E-state index contributed by atoms with van der Waals surface area (Å²) in [6, 6.07) is 8.25. The minimum Gasteiger partial charge on any atom is -0.496 e. The summed E-state index contributed by atoms with van der Waals surface area (Å²) in [7, 11) is 2.58. The van der Waals surface area contributed by atoms with Gasteiger partial charge in [0.1, 0.15) is 11.3 Å². The standard InChI is InChI=1S/C22H22F6O2/c1-29-16-9-7-14(8-10-16)13-3-5-15(6-4-13)17-11-12-18(30-2)20(22(26,27)28)19(17)21(23,24)25/h3-6,11-12,14,16H,7-10H2,1-2H3. The second-order valence-corrected chi connectivity index (χ2v) is 7.39. The maximum Gasteiger partial charge on any atom is 0.420 e. The summed E-state index contributed by atoms with van der Waals surface area (Å²) in [5, 5.41) is 0. The van der Waals surface area contributed by atoms with E-state index >= 15 is 0 Å². The highest BCUT2D eigenvalue weighted by molar-refractivity contribution is 5.72. The molecule has 8 heteroatoms. The molecule has 0 aromatic heterocycles. The highest BCUT2D eigenvalue weighted by atomic mass is 19.4. The fourth-order valence-corrected chi connectivity index (χ4v) is 4.14. The summed E-state index contributed by atoms with van der Waals surface area (Å²) in [4.78, 5) is 0. The van der Waals surface area contributed by atoms with Crippen molar-refractivity contribution in [1.29, 1.82) is 0 Å². The average Bonchev–Trinajstić information content (AvgIpc) is 2.71. The Bertz CT molecular complexity index is 863. The number of ether oxygens (including phenoxy) is 2. The monoisotopic (exact) mass is 432 g/mol. The van der Waals surface area contributed by atoms with E-state index in [9.17, 15) is 26.3 Å². The molecule has 0 saturated heterocycles. The van der Waals surface area contributed by atoms with Crippen LogP contribution in [0.2, 0.25) is 0 Å². The minimum absolute atomic E-state index is 0.0739. The molecule has 0 atom stereocenters. The van der Waals surface area contributed by atoms with Gasteiger partial charge in [0, 0.05) is 7.11 Å². The highest BCUT2D eigenvalue weighted by Gasteiger charge is 2.47. The zero-order valence-corrected chi connectivity index (χ0v) is 16.5. The van der Waals surface area contributed by atoms with Gasteiger partial charge < -0.3 is 9.47 Å². The van der Waals surface area contributed by atoms with Crippen molar-refractivity contribution in [3.05, 3.63) is 53.1 Å². The van der Waals surface area contributed by atoms with Gasteiger partial charge in [-0.3, -0.25) is 0 Å². The predicted octanol–water partition coefficient (Wildman–Crippen LogP) is 7.07. The van der Waals surface area contributed by atoms with Crippen molar-refractivity contribution in [2.45, 2.75) is 50.1 Å². The lowest BCUT2D eigenvalue weighted by Crippen LogP contribution is -2.19. The molecule has 1 saturated carbocycles. The molecule has 0 unspecified atom stereocenters. The molecule has 0 radical (unpaired) electrons. The molecule has 0 bridgehead atoms. The van der Waals surface area contributed by atoms with Crippen LogP contribution in [0.25, 0.3) is 11.1 Å². The first-order chi connectivity index (χ1) is 14.1. The number of rotatable bonds is 4. The molecule has 0 spiro atoms. The Morgan fingerprint density at radius 1 is 0.733 bits per heavy atom. The van der Waals surface area contributed by atoms with Crippen LogP contribution in [0.4, 0.5) is 26.3 Å². The van der Waals surface area contributed by atoms with Gasteiger partial charge in [0.2, 0.25) is 0 Å². The molecular formula is C22H22F6O2. The highest BCUT2D eigenvalue weighted by Crippen LogP contribution is 2.49. The Kier molecular flexibility index (Phi) is 6.36. The zero-order chi connectivity index (χ0) is 22.1. The minimum atomic E-state index is -5.22. The number of methoxy groups -OCH3 is 2. The van der Waals surface area contributed by atoms with Crippen molar-refractivity contribution in [3.63, 3.8) is 0 Å². The van der Waals surface area contributed by atoms with Crippen molar-refractivity contribution in [2.24, 2.45) is 0 Å². The maximum absolute atomic E-state index is 13.7. The van der Waals surface area contributed by atoms with Crippen LogP contribution in [0.15, 0.2) is 36.4 Å². The van der Waals surface area contributed by atoms with Crippen molar-refractivity contribution in [2.75, 3.05) is 14.2 Å². The zero-order valence-electron chi connectivity index (χ0n) is 16.5. The van der Waals surface area contributed by atoms with Gasteiger partial charge >= 0.3 is 12.4 Å². The first-order valence-corrected chi connectivity index (χ1v) is 9.54. The lowest BCUT2D eigenvalue weighted by atomic mass is 9.82. The van der Waals surface area contributed by atoms with Crippen molar-refractivity contribution in [3.8, 4) is 16.9 Å². The van der Waals surface area contributed by atoms with Gasteiger partial charge in [-0.25, -0.2) is 0 Å². The Labute approximate surface area is 170 Å². The molecule has 0 amide bonds. The van der Waals surface area contributed by atoms with Crippen LogP contribution < -0.4 is 4.74 Å². The summed E-state index contributed by atoms with van der Waals surface area (Å²) < 4.78 is 91.6. The second kappa shape index (κ2) is 8.49. The normalized spacial score (nSPS) is 20.3. The molecule has 0 heterocycles. The van der Waals surface area contributed by atoms with Crippen molar-refractivity contribution < 1.29 is 35.8 Å². The van der Waals surface area contributed by atoms with Crippen LogP contribution in [-0.2, 0) is 17.1 Å². The van der Waals surface area contributed by atoms with E-state index in [1.807, 2.05) is 0 Å². The van der Waals surface area contributed by atoms with Crippen molar-refractivity contribution in [1.82, 2.24) is 0 Å². The lowest BCUT2D eigenvalue weighted by molar-refractivity contribution is -0.162. The number of alkyl halides is 6. The molecule has 2 aromatic rings. The maximum atomic E-state index is 13.7. The van der Waals surface area contributed by atoms with E-state index in [0.717, 1.165) is 50.5 Å². The molecule has 164 valence electrons. The van der Waals surface area contributed by atoms with Crippen molar-refractivity contribution >= 4 is 0 Å². The van der Waals surface area contributed by atoms with Gasteiger partial charge in [-0.05, 0) is 54.4 Å². The largest absolute Gasteiger partial charge is 0.496 e. The first-order valence-electron chi connectivity index (χ1n) is 9.54. The molecule has 0 N–H and O–H groups in total. The Balaban J connectivity index is 2.02. The van der Waals surface area contributed by atoms with Gasteiger partial charge in [-0.15, -0.1) is 0 Å². The van der Waals surface area contributed by atoms with Crippen LogP contribution in [-0.4, -0.2) is 20.3 Å². The van der Waals surface area contributed by atoms with E-state index in [1.165, 1.54) is 12.1 Å². The van der Waals surface area contributed by atoms with Crippen LogP contribution in [0.1, 0.15) is 48.3 Å². The Hall–Kier alpha value is -2.22. The van der Waals surface area contributed by atoms with Gasteiger partial charge in [0.25, 0.3) is 0 Å². The van der Waals surface area contributed by atoms with E-state index in [2.05, 4.69) is 4.74 Å². The third kappa shape index (κ3) is 4.58. The van der Waals surface area contributed by atoms with E-state index in [-0.39, 0.29) is 17.6 Å². The van der Waals surface area contributed by atoms with Crippen LogP contribution >= 0.6 is 0 Å². The smallest absolute Gasteiger partial charge is 0.420 e. The molecule has 2 aromatic carbocycles. The first kappa shape index (κ1) is 22.5. The molecule has 1 aliphatic rings. The van der Waals surface area contributed by atoms with Gasteiger partial charge in [-0.2, -0.15) is 26.3 Å². The number of hydrogen-bond donors (Lipinski definition) is 0. The third-order valence-corrected chi connectivity index (χ3v) is 5.65. The average molecular weight is 432 g/mol. The molecule has 3 rings (SSSR count). The molecule has 1 aliphatic carbocycles. The second-order valence-electron chi connectivity index (χ2n) is 7.39. The Morgan fingerprint density at radius 2 is 1.30 bits per heavy atom. The fraction of sp³-hybridized carbons (Fsp3) is 0.455. The third-order valence-electron chi connectivity index (χ3n) is 5.65. The summed E-state index contributed by atoms with van der Waals surface area (Å²) in [6.45, 7) is 0. The van der Waals surface area contributed by atoms with E-state index in [0.29, 0.717) is 0 Å². The predicted molar refractivity (Wildman–Crippen MR) is 100 cm³/mol. The van der Waals surface area contributed by atoms with Gasteiger partial charge in [0.15, 0.2) is 0 Å². The molecule has 1 fully saturated rings. The quantitative estimate of drug-likeness (QED) is 0.481. The fourth-order valence-electron chi connectivity index (χ4n) is 4.14. The molecular weight excluding hydrogens is 410 g/mol. The lowest BCUT2D eigenvalue weighted by Gasteiger charge is -2.28. The summed E-state index contributed by atoms with van der Waals surface area (Å²) in [5.41, 5.74) is -3.03. The van der Waals surface area contributed by atoms with E-state index < -0.39 is 34.8 Å². The Morgan fingerprint density at radius 3 is 1.77 bits per heavy atom. The SMILES string of the molecule is COc1ccc(-c2ccc(C3CCC(OC)CC3)cc2)c(C(F)(F)F)c1C(F)(F)F. The summed E-state index contributed by atoms with van der Waals surface area (Å²) in [6.07, 6.45) is -6.62. The van der Waals surface area contributed by atoms with E-state index in [4.69, 9.17) is 4.74 Å².